The summed E-state index contributed by atoms with van der Waals surface area (Å²) in [5.74, 6) is 0.515. The van der Waals surface area contributed by atoms with Crippen molar-refractivity contribution in [3.63, 3.8) is 0 Å². The normalized spacial score (nSPS) is 12.4. The number of nitrogens with one attached hydrogen (secondary N) is 1. The van der Waals surface area contributed by atoms with E-state index in [1.165, 1.54) is 7.11 Å². The van der Waals surface area contributed by atoms with Gasteiger partial charge in [0, 0.05) is 36.3 Å². The van der Waals surface area contributed by atoms with Crippen LogP contribution in [0.1, 0.15) is 18.9 Å². The number of benzene rings is 1. The number of ether oxygens (including phenoxy) is 2. The van der Waals surface area contributed by atoms with Crippen molar-refractivity contribution in [3.05, 3.63) is 22.7 Å². The second kappa shape index (κ2) is 7.46. The molecule has 1 atom stereocenters. The minimum Gasteiger partial charge on any atom is -0.504 e. The second-order valence-electron chi connectivity index (χ2n) is 4.06. The lowest BCUT2D eigenvalue weighted by Crippen LogP contribution is -2.32. The average Bonchev–Trinajstić information content (AvgIpc) is 2.37. The Balaban J connectivity index is 2.74. The van der Waals surface area contributed by atoms with E-state index in [1.54, 1.807) is 19.2 Å². The van der Waals surface area contributed by atoms with Crippen molar-refractivity contribution in [2.24, 2.45) is 0 Å². The zero-order valence-corrected chi connectivity index (χ0v) is 11.8. The molecule has 0 heterocycles. The van der Waals surface area contributed by atoms with E-state index in [0.717, 1.165) is 6.42 Å². The van der Waals surface area contributed by atoms with Gasteiger partial charge >= 0.3 is 0 Å². The predicted octanol–water partition coefficient (Wildman–Crippen LogP) is 2.57. The molecule has 1 rings (SSSR count). The summed E-state index contributed by atoms with van der Waals surface area (Å²) >= 11 is 5.97. The summed E-state index contributed by atoms with van der Waals surface area (Å²) in [7, 11) is 3.17. The third-order valence-corrected chi connectivity index (χ3v) is 3.00. The molecule has 0 aliphatic carbocycles. The van der Waals surface area contributed by atoms with Crippen LogP contribution in [0.2, 0.25) is 5.02 Å². The van der Waals surface area contributed by atoms with Gasteiger partial charge in [0.15, 0.2) is 11.5 Å². The Kier molecular flexibility index (Phi) is 6.25. The highest BCUT2D eigenvalue weighted by Crippen LogP contribution is 2.33. The minimum atomic E-state index is 0.127. The van der Waals surface area contributed by atoms with Gasteiger partial charge in [-0.2, -0.15) is 0 Å². The third-order valence-electron chi connectivity index (χ3n) is 2.78. The molecule has 1 aromatic carbocycles. The van der Waals surface area contributed by atoms with Crippen LogP contribution in [0.5, 0.6) is 11.5 Å². The zero-order chi connectivity index (χ0) is 13.5. The van der Waals surface area contributed by atoms with Crippen LogP contribution in [-0.2, 0) is 11.3 Å². The maximum absolute atomic E-state index is 9.97. The first-order valence-corrected chi connectivity index (χ1v) is 6.27. The molecule has 0 fully saturated rings. The van der Waals surface area contributed by atoms with Crippen molar-refractivity contribution in [3.8, 4) is 11.5 Å². The van der Waals surface area contributed by atoms with Gasteiger partial charge in [-0.25, -0.2) is 0 Å². The van der Waals surface area contributed by atoms with E-state index in [9.17, 15) is 5.11 Å². The fourth-order valence-electron chi connectivity index (χ4n) is 1.70. The Labute approximate surface area is 113 Å². The van der Waals surface area contributed by atoms with Crippen LogP contribution in [0.4, 0.5) is 0 Å². The Morgan fingerprint density at radius 2 is 2.11 bits per heavy atom. The van der Waals surface area contributed by atoms with Gasteiger partial charge in [0.2, 0.25) is 0 Å². The second-order valence-corrected chi connectivity index (χ2v) is 4.49. The van der Waals surface area contributed by atoms with Crippen LogP contribution in [0, 0.1) is 0 Å². The van der Waals surface area contributed by atoms with E-state index in [-0.39, 0.29) is 11.8 Å². The van der Waals surface area contributed by atoms with Crippen molar-refractivity contribution < 1.29 is 14.6 Å². The number of phenolic OH excluding ortho intramolecular Hbond substituents is 1. The molecule has 0 aromatic heterocycles. The molecule has 18 heavy (non-hydrogen) atoms. The fraction of sp³-hybridized carbons (Fsp3) is 0.538. The van der Waals surface area contributed by atoms with E-state index in [0.29, 0.717) is 29.5 Å². The number of aromatic hydroxyl groups is 1. The average molecular weight is 274 g/mol. The molecule has 5 heteroatoms. The van der Waals surface area contributed by atoms with Gasteiger partial charge in [-0.1, -0.05) is 18.5 Å². The van der Waals surface area contributed by atoms with Gasteiger partial charge in [-0.05, 0) is 12.5 Å². The highest BCUT2D eigenvalue weighted by Gasteiger charge is 2.12. The first-order chi connectivity index (χ1) is 8.62. The summed E-state index contributed by atoms with van der Waals surface area (Å²) in [5.41, 5.74) is 0.717. The molecule has 2 N–H and O–H groups in total. The third kappa shape index (κ3) is 4.05. The fourth-order valence-corrected chi connectivity index (χ4v) is 1.93. The highest BCUT2D eigenvalue weighted by molar-refractivity contribution is 6.30. The summed E-state index contributed by atoms with van der Waals surface area (Å²) in [6.07, 6.45) is 0.951. The molecule has 1 aromatic rings. The first-order valence-electron chi connectivity index (χ1n) is 5.90. The number of methoxy groups -OCH3 is 2. The lowest BCUT2D eigenvalue weighted by atomic mass is 10.1. The van der Waals surface area contributed by atoms with Gasteiger partial charge in [-0.15, -0.1) is 0 Å². The van der Waals surface area contributed by atoms with Gasteiger partial charge in [0.1, 0.15) is 0 Å². The molecule has 0 bridgehead atoms. The number of phenols is 1. The standard InChI is InChI=1S/C13H20ClNO3/c1-4-11(8-17-2)15-7-9-5-10(14)6-12(18-3)13(9)16/h5-6,11,15-16H,4,7-8H2,1-3H3. The summed E-state index contributed by atoms with van der Waals surface area (Å²) in [4.78, 5) is 0. The molecule has 0 amide bonds. The van der Waals surface area contributed by atoms with Crippen LogP contribution >= 0.6 is 11.6 Å². The summed E-state index contributed by atoms with van der Waals surface area (Å²) < 4.78 is 10.2. The summed E-state index contributed by atoms with van der Waals surface area (Å²) in [6, 6.07) is 3.57. The van der Waals surface area contributed by atoms with Crippen molar-refractivity contribution in [1.29, 1.82) is 0 Å². The van der Waals surface area contributed by atoms with Gasteiger partial charge < -0.3 is 19.9 Å². The van der Waals surface area contributed by atoms with Crippen LogP contribution in [0.3, 0.4) is 0 Å². The first kappa shape index (κ1) is 15.1. The van der Waals surface area contributed by atoms with Gasteiger partial charge in [0.05, 0.1) is 13.7 Å². The van der Waals surface area contributed by atoms with E-state index < -0.39 is 0 Å². The molecule has 4 nitrogen and oxygen atoms in total. The van der Waals surface area contributed by atoms with Crippen molar-refractivity contribution in [1.82, 2.24) is 5.32 Å². The maximum atomic E-state index is 9.97. The Morgan fingerprint density at radius 1 is 1.39 bits per heavy atom. The molecule has 1 unspecified atom stereocenters. The quantitative estimate of drug-likeness (QED) is 0.802. The number of halogens is 1. The van der Waals surface area contributed by atoms with Gasteiger partial charge in [0.25, 0.3) is 0 Å². The van der Waals surface area contributed by atoms with E-state index >= 15 is 0 Å². The van der Waals surface area contributed by atoms with Crippen LogP contribution in [0.25, 0.3) is 0 Å². The zero-order valence-electron chi connectivity index (χ0n) is 11.0. The van der Waals surface area contributed by atoms with Crippen LogP contribution < -0.4 is 10.1 Å². The summed E-state index contributed by atoms with van der Waals surface area (Å²) in [5, 5.41) is 13.8. The number of hydrogen-bond acceptors (Lipinski definition) is 4. The van der Waals surface area contributed by atoms with Crippen LogP contribution in [-0.4, -0.2) is 32.0 Å². The molecule has 0 saturated heterocycles. The van der Waals surface area contributed by atoms with Crippen molar-refractivity contribution in [2.75, 3.05) is 20.8 Å². The largest absolute Gasteiger partial charge is 0.504 e. The maximum Gasteiger partial charge on any atom is 0.162 e. The predicted molar refractivity (Wildman–Crippen MR) is 72.5 cm³/mol. The van der Waals surface area contributed by atoms with Crippen LogP contribution in [0.15, 0.2) is 12.1 Å². The molecule has 0 radical (unpaired) electrons. The molecular weight excluding hydrogens is 254 g/mol. The highest BCUT2D eigenvalue weighted by atomic mass is 35.5. The van der Waals surface area contributed by atoms with Crippen molar-refractivity contribution >= 4 is 11.6 Å². The Morgan fingerprint density at radius 3 is 2.67 bits per heavy atom. The smallest absolute Gasteiger partial charge is 0.162 e. The number of rotatable bonds is 7. The molecule has 0 saturated carbocycles. The van der Waals surface area contributed by atoms with Gasteiger partial charge in [-0.3, -0.25) is 0 Å². The minimum absolute atomic E-state index is 0.127. The monoisotopic (exact) mass is 273 g/mol. The molecule has 0 spiro atoms. The molecule has 0 aliphatic rings. The van der Waals surface area contributed by atoms with E-state index in [2.05, 4.69) is 12.2 Å². The lowest BCUT2D eigenvalue weighted by molar-refractivity contribution is 0.163. The molecule has 0 aliphatic heterocycles. The topological polar surface area (TPSA) is 50.7 Å². The van der Waals surface area contributed by atoms with E-state index in [4.69, 9.17) is 21.1 Å². The Hall–Kier alpha value is -0.970. The van der Waals surface area contributed by atoms with E-state index in [1.807, 2.05) is 0 Å². The van der Waals surface area contributed by atoms with Crippen molar-refractivity contribution in [2.45, 2.75) is 25.9 Å². The molecule has 102 valence electrons. The number of hydrogen-bond donors (Lipinski definition) is 2. The lowest BCUT2D eigenvalue weighted by Gasteiger charge is -2.17. The SMILES string of the molecule is CCC(COC)NCc1cc(Cl)cc(OC)c1O. The Bertz CT molecular complexity index is 385. The summed E-state index contributed by atoms with van der Waals surface area (Å²) in [6.45, 7) is 3.23. The molecular formula is C13H20ClNO3.